The van der Waals surface area contributed by atoms with Crippen LogP contribution in [0, 0.1) is 5.92 Å². The van der Waals surface area contributed by atoms with Crippen molar-refractivity contribution in [2.45, 2.75) is 39.8 Å². The smallest absolute Gasteiger partial charge is 0.270 e. The molecule has 2 N–H and O–H groups in total. The number of nitrogen functional groups attached to an aromatic ring is 1. The number of rotatable bonds is 4. The van der Waals surface area contributed by atoms with Crippen molar-refractivity contribution in [2.24, 2.45) is 5.92 Å². The first-order valence-corrected chi connectivity index (χ1v) is 7.01. The minimum atomic E-state index is -1.22. The third-order valence-electron chi connectivity index (χ3n) is 3.46. The number of pyridine rings is 1. The Morgan fingerprint density at radius 3 is 2.36 bits per heavy atom. The summed E-state index contributed by atoms with van der Waals surface area (Å²) in [6.45, 7) is 6.19. The van der Waals surface area contributed by atoms with Crippen LogP contribution >= 0.6 is 0 Å². The molecule has 118 valence electrons. The molecule has 7 nitrogen and oxygen atoms in total. The van der Waals surface area contributed by atoms with Crippen LogP contribution in [0.25, 0.3) is 0 Å². The number of anilines is 2. The van der Waals surface area contributed by atoms with Gasteiger partial charge in [-0.2, -0.15) is 0 Å². The summed E-state index contributed by atoms with van der Waals surface area (Å²) in [6, 6.07) is 1.91. The van der Waals surface area contributed by atoms with Gasteiger partial charge in [0.15, 0.2) is 35.3 Å². The van der Waals surface area contributed by atoms with Gasteiger partial charge in [-0.1, -0.05) is 13.8 Å². The fourth-order valence-corrected chi connectivity index (χ4v) is 2.46. The average Bonchev–Trinajstić information content (AvgIpc) is 2.40. The summed E-state index contributed by atoms with van der Waals surface area (Å²) in [5.74, 6) is -0.830. The Morgan fingerprint density at radius 1 is 1.27 bits per heavy atom. The van der Waals surface area contributed by atoms with Crippen LogP contribution in [0.4, 0.5) is 11.6 Å². The van der Waals surface area contributed by atoms with Crippen molar-refractivity contribution in [3.63, 3.8) is 0 Å². The zero-order chi connectivity index (χ0) is 16.6. The Labute approximate surface area is 128 Å². The Bertz CT molecular complexity index is 628. The predicted octanol–water partition coefficient (Wildman–Crippen LogP) is 0.960. The quantitative estimate of drug-likeness (QED) is 0.831. The van der Waals surface area contributed by atoms with Gasteiger partial charge >= 0.3 is 0 Å². The van der Waals surface area contributed by atoms with Gasteiger partial charge in [0.2, 0.25) is 0 Å². The lowest BCUT2D eigenvalue weighted by Crippen LogP contribution is -2.57. The molecule has 0 bridgehead atoms. The molecule has 0 aromatic carbocycles. The number of nitrogens with two attached hydrogens (primary N) is 1. The van der Waals surface area contributed by atoms with E-state index >= 15 is 0 Å². The second kappa shape index (κ2) is 5.75. The SMILES string of the molecule is CC(=O)C(C(C)=O)N1C(=O)C(C(C)C)Oc2ccc(N)nc21. The molecule has 1 atom stereocenters. The number of carbonyl (C=O) groups excluding carboxylic acids is 3. The van der Waals surface area contributed by atoms with Crippen LogP contribution in [0.5, 0.6) is 5.75 Å². The molecule has 2 heterocycles. The molecule has 2 rings (SSSR count). The molecular formula is C15H19N3O4. The van der Waals surface area contributed by atoms with Gasteiger partial charge in [-0.25, -0.2) is 4.98 Å². The van der Waals surface area contributed by atoms with Crippen molar-refractivity contribution in [1.29, 1.82) is 0 Å². The number of nitrogens with zero attached hydrogens (tertiary/aromatic N) is 2. The summed E-state index contributed by atoms with van der Waals surface area (Å²) < 4.78 is 5.67. The van der Waals surface area contributed by atoms with Crippen molar-refractivity contribution in [3.05, 3.63) is 12.1 Å². The molecule has 0 aliphatic carbocycles. The third kappa shape index (κ3) is 2.66. The molecule has 1 aromatic heterocycles. The maximum atomic E-state index is 12.7. The molecule has 1 aromatic rings. The van der Waals surface area contributed by atoms with E-state index in [2.05, 4.69) is 4.98 Å². The lowest BCUT2D eigenvalue weighted by Gasteiger charge is -2.37. The number of aromatic nitrogens is 1. The van der Waals surface area contributed by atoms with Crippen molar-refractivity contribution in [2.75, 3.05) is 10.6 Å². The molecule has 0 fully saturated rings. The van der Waals surface area contributed by atoms with E-state index in [0.717, 1.165) is 4.90 Å². The second-order valence-electron chi connectivity index (χ2n) is 5.67. The van der Waals surface area contributed by atoms with Crippen LogP contribution in [0.2, 0.25) is 0 Å². The highest BCUT2D eigenvalue weighted by Crippen LogP contribution is 2.36. The molecule has 0 radical (unpaired) electrons. The normalized spacial score (nSPS) is 17.5. The van der Waals surface area contributed by atoms with Gasteiger partial charge in [0, 0.05) is 0 Å². The maximum absolute atomic E-state index is 12.7. The van der Waals surface area contributed by atoms with Gasteiger partial charge in [-0.3, -0.25) is 19.3 Å². The van der Waals surface area contributed by atoms with Crippen LogP contribution < -0.4 is 15.4 Å². The van der Waals surface area contributed by atoms with Crippen LogP contribution in [-0.4, -0.2) is 34.6 Å². The molecule has 1 unspecified atom stereocenters. The van der Waals surface area contributed by atoms with Gasteiger partial charge < -0.3 is 10.5 Å². The lowest BCUT2D eigenvalue weighted by atomic mass is 10.0. The Morgan fingerprint density at radius 2 is 1.86 bits per heavy atom. The number of fused-ring (bicyclic) bond motifs is 1. The van der Waals surface area contributed by atoms with Crippen molar-refractivity contribution < 1.29 is 19.1 Å². The molecule has 1 aliphatic rings. The zero-order valence-electron chi connectivity index (χ0n) is 13.0. The van der Waals surface area contributed by atoms with E-state index in [1.54, 1.807) is 12.1 Å². The number of Topliss-reactive ketones (excluding diaryl/α,β-unsaturated/α-hetero) is 2. The van der Waals surface area contributed by atoms with E-state index < -0.39 is 29.6 Å². The van der Waals surface area contributed by atoms with E-state index in [9.17, 15) is 14.4 Å². The minimum absolute atomic E-state index is 0.109. The fourth-order valence-electron chi connectivity index (χ4n) is 2.46. The first-order valence-electron chi connectivity index (χ1n) is 7.01. The Kier molecular flexibility index (Phi) is 4.16. The topological polar surface area (TPSA) is 103 Å². The summed E-state index contributed by atoms with van der Waals surface area (Å²) in [4.78, 5) is 41.7. The number of amides is 1. The highest BCUT2D eigenvalue weighted by molar-refractivity contribution is 6.15. The largest absolute Gasteiger partial charge is 0.476 e. The van der Waals surface area contributed by atoms with E-state index in [0.29, 0.717) is 5.75 Å². The number of carbonyl (C=O) groups is 3. The van der Waals surface area contributed by atoms with Crippen LogP contribution in [0.3, 0.4) is 0 Å². The van der Waals surface area contributed by atoms with Crippen molar-refractivity contribution in [1.82, 2.24) is 4.98 Å². The fraction of sp³-hybridized carbons (Fsp3) is 0.467. The maximum Gasteiger partial charge on any atom is 0.270 e. The third-order valence-corrected chi connectivity index (χ3v) is 3.46. The van der Waals surface area contributed by atoms with Gasteiger partial charge in [0.25, 0.3) is 5.91 Å². The standard InChI is InChI=1S/C15H19N3O4/c1-7(2)13-15(21)18(12(8(3)19)9(4)20)14-10(22-13)5-6-11(16)17-14/h5-7,12-13H,1-4H3,(H2,16,17). The summed E-state index contributed by atoms with van der Waals surface area (Å²) in [5.41, 5.74) is 5.66. The number of hydrogen-bond donors (Lipinski definition) is 1. The molecule has 22 heavy (non-hydrogen) atoms. The van der Waals surface area contributed by atoms with Crippen molar-refractivity contribution >= 4 is 29.1 Å². The highest BCUT2D eigenvalue weighted by Gasteiger charge is 2.43. The highest BCUT2D eigenvalue weighted by atomic mass is 16.5. The molecule has 0 spiro atoms. The average molecular weight is 305 g/mol. The Balaban J connectivity index is 2.63. The van der Waals surface area contributed by atoms with E-state index in [-0.39, 0.29) is 17.6 Å². The number of ketones is 2. The van der Waals surface area contributed by atoms with E-state index in [4.69, 9.17) is 10.5 Å². The molecule has 0 saturated carbocycles. The van der Waals surface area contributed by atoms with Crippen LogP contribution in [-0.2, 0) is 14.4 Å². The van der Waals surface area contributed by atoms with Crippen molar-refractivity contribution in [3.8, 4) is 5.75 Å². The first-order chi connectivity index (χ1) is 10.2. The number of hydrogen-bond acceptors (Lipinski definition) is 6. The molecule has 1 aliphatic heterocycles. The predicted molar refractivity (Wildman–Crippen MR) is 80.5 cm³/mol. The number of ether oxygens (including phenoxy) is 1. The summed E-state index contributed by atoms with van der Waals surface area (Å²) in [5, 5.41) is 0. The van der Waals surface area contributed by atoms with Gasteiger partial charge in [-0.15, -0.1) is 0 Å². The minimum Gasteiger partial charge on any atom is -0.476 e. The van der Waals surface area contributed by atoms with E-state index in [1.165, 1.54) is 13.8 Å². The summed E-state index contributed by atoms with van der Waals surface area (Å²) >= 11 is 0. The zero-order valence-corrected chi connectivity index (χ0v) is 13.0. The first kappa shape index (κ1) is 15.9. The van der Waals surface area contributed by atoms with Crippen LogP contribution in [0.15, 0.2) is 12.1 Å². The van der Waals surface area contributed by atoms with Gasteiger partial charge in [-0.05, 0) is 31.9 Å². The molecule has 0 saturated heterocycles. The molecular weight excluding hydrogens is 286 g/mol. The summed E-state index contributed by atoms with van der Waals surface area (Å²) in [6.07, 6.45) is -0.779. The second-order valence-corrected chi connectivity index (χ2v) is 5.67. The lowest BCUT2D eigenvalue weighted by molar-refractivity contribution is -0.135. The van der Waals surface area contributed by atoms with Gasteiger partial charge in [0.05, 0.1) is 0 Å². The van der Waals surface area contributed by atoms with Crippen LogP contribution in [0.1, 0.15) is 27.7 Å². The Hall–Kier alpha value is -2.44. The van der Waals surface area contributed by atoms with E-state index in [1.807, 2.05) is 13.8 Å². The molecule has 7 heteroatoms. The van der Waals surface area contributed by atoms with Gasteiger partial charge in [0.1, 0.15) is 5.82 Å². The summed E-state index contributed by atoms with van der Waals surface area (Å²) in [7, 11) is 0. The monoisotopic (exact) mass is 305 g/mol. The molecule has 1 amide bonds.